The Morgan fingerprint density at radius 1 is 1.36 bits per heavy atom. The van der Waals surface area contributed by atoms with Gasteiger partial charge in [-0.2, -0.15) is 0 Å². The zero-order chi connectivity index (χ0) is 7.68. The summed E-state index contributed by atoms with van der Waals surface area (Å²) in [7, 11) is 0. The Morgan fingerprint density at radius 3 is 2.91 bits per heavy atom. The zero-order valence-electron chi connectivity index (χ0n) is 6.07. The quantitative estimate of drug-likeness (QED) is 0.676. The molecule has 0 radical (unpaired) electrons. The van der Waals surface area contributed by atoms with E-state index in [0.717, 1.165) is 5.52 Å². The third kappa shape index (κ3) is 1.32. The van der Waals surface area contributed by atoms with Gasteiger partial charge in [0, 0.05) is 0 Å². The minimum absolute atomic E-state index is 0.545. The topological polar surface area (TPSA) is 12.9 Å². The van der Waals surface area contributed by atoms with Gasteiger partial charge in [-0.1, -0.05) is 0 Å². The van der Waals surface area contributed by atoms with Crippen molar-refractivity contribution in [2.24, 2.45) is 0 Å². The second-order valence-corrected chi connectivity index (χ2v) is 5.43. The average molecular weight is 228 g/mol. The Morgan fingerprint density at radius 2 is 2.18 bits per heavy atom. The van der Waals surface area contributed by atoms with Gasteiger partial charge in [0.2, 0.25) is 0 Å². The van der Waals surface area contributed by atoms with E-state index in [1.807, 2.05) is 17.4 Å². The minimum atomic E-state index is 0.545. The molecule has 0 unspecified atom stereocenters. The first kappa shape index (κ1) is 7.29. The average Bonchev–Trinajstić information content (AvgIpc) is 2.46. The SMILES string of the molecule is C[Se]c1nc2ccccc2s1. The molecule has 0 N–H and O–H groups in total. The fourth-order valence-corrected chi connectivity index (χ4v) is 3.21. The van der Waals surface area contributed by atoms with Gasteiger partial charge in [0.15, 0.2) is 0 Å². The maximum absolute atomic E-state index is 4.48. The summed E-state index contributed by atoms with van der Waals surface area (Å²) in [5.41, 5.74) is 1.15. The van der Waals surface area contributed by atoms with Crippen LogP contribution in [0.4, 0.5) is 0 Å². The number of benzene rings is 1. The van der Waals surface area contributed by atoms with E-state index >= 15 is 0 Å². The molecule has 1 heterocycles. The van der Waals surface area contributed by atoms with Gasteiger partial charge in [0.25, 0.3) is 0 Å². The van der Waals surface area contributed by atoms with E-state index in [2.05, 4.69) is 29.0 Å². The molecule has 0 atom stereocenters. The van der Waals surface area contributed by atoms with Crippen LogP contribution in [-0.4, -0.2) is 19.9 Å². The van der Waals surface area contributed by atoms with Gasteiger partial charge in [-0.15, -0.1) is 0 Å². The molecule has 0 aliphatic heterocycles. The summed E-state index contributed by atoms with van der Waals surface area (Å²) >= 11 is 2.36. The van der Waals surface area contributed by atoms with Crippen molar-refractivity contribution in [1.29, 1.82) is 0 Å². The van der Waals surface area contributed by atoms with Crippen LogP contribution in [0.15, 0.2) is 24.3 Å². The van der Waals surface area contributed by atoms with Crippen molar-refractivity contribution in [2.75, 3.05) is 0 Å². The van der Waals surface area contributed by atoms with E-state index in [0.29, 0.717) is 15.0 Å². The summed E-state index contributed by atoms with van der Waals surface area (Å²) in [4.78, 5) is 4.48. The van der Waals surface area contributed by atoms with Crippen LogP contribution in [0.1, 0.15) is 0 Å². The van der Waals surface area contributed by atoms with Gasteiger partial charge in [0.1, 0.15) is 0 Å². The van der Waals surface area contributed by atoms with Crippen molar-refractivity contribution < 1.29 is 0 Å². The molecule has 2 aromatic rings. The molecule has 0 saturated heterocycles. The van der Waals surface area contributed by atoms with E-state index in [1.165, 1.54) is 8.61 Å². The Hall–Kier alpha value is -0.371. The molecule has 0 fully saturated rings. The summed E-state index contributed by atoms with van der Waals surface area (Å²) in [6.45, 7) is 0. The van der Waals surface area contributed by atoms with E-state index in [1.54, 1.807) is 0 Å². The first-order valence-corrected chi connectivity index (χ1v) is 6.68. The number of para-hydroxylation sites is 1. The summed E-state index contributed by atoms with van der Waals surface area (Å²) in [5.74, 6) is 2.20. The fourth-order valence-electron chi connectivity index (χ4n) is 0.938. The first-order valence-electron chi connectivity index (χ1n) is 3.30. The standard InChI is InChI=1S/C8H7NSSe/c1-11-8-9-6-4-2-3-5-7(6)10-8/h2-5H,1H3. The number of hydrogen-bond acceptors (Lipinski definition) is 2. The number of rotatable bonds is 1. The molecule has 3 heteroatoms. The Balaban J connectivity index is 2.69. The summed E-state index contributed by atoms with van der Waals surface area (Å²) < 4.78 is 2.60. The van der Waals surface area contributed by atoms with Crippen molar-refractivity contribution in [2.45, 2.75) is 5.82 Å². The van der Waals surface area contributed by atoms with Crippen LogP contribution in [0.5, 0.6) is 0 Å². The summed E-state index contributed by atoms with van der Waals surface area (Å²) in [6.07, 6.45) is 0. The molecule has 0 amide bonds. The van der Waals surface area contributed by atoms with Crippen molar-refractivity contribution in [3.63, 3.8) is 0 Å². The van der Waals surface area contributed by atoms with Gasteiger partial charge in [0.05, 0.1) is 0 Å². The van der Waals surface area contributed by atoms with Gasteiger partial charge in [-0.05, 0) is 0 Å². The van der Waals surface area contributed by atoms with E-state index in [4.69, 9.17) is 0 Å². The molecule has 0 aliphatic rings. The molecular formula is C8H7NSSe. The molecule has 0 bridgehead atoms. The van der Waals surface area contributed by atoms with Crippen LogP contribution >= 0.6 is 11.3 Å². The van der Waals surface area contributed by atoms with Crippen molar-refractivity contribution in [3.05, 3.63) is 24.3 Å². The monoisotopic (exact) mass is 229 g/mol. The molecule has 56 valence electrons. The van der Waals surface area contributed by atoms with Gasteiger partial charge in [-0.25, -0.2) is 0 Å². The first-order chi connectivity index (χ1) is 5.40. The number of nitrogens with zero attached hydrogens (tertiary/aromatic N) is 1. The van der Waals surface area contributed by atoms with Crippen molar-refractivity contribution in [1.82, 2.24) is 4.98 Å². The third-order valence-corrected chi connectivity index (χ3v) is 4.59. The molecule has 11 heavy (non-hydrogen) atoms. The Bertz CT molecular complexity index is 336. The summed E-state index contributed by atoms with van der Waals surface area (Å²) in [5, 5.41) is 0. The van der Waals surface area contributed by atoms with Crippen LogP contribution in [-0.2, 0) is 0 Å². The van der Waals surface area contributed by atoms with Gasteiger partial charge >= 0.3 is 75.5 Å². The molecule has 1 aromatic heterocycles. The van der Waals surface area contributed by atoms with E-state index in [9.17, 15) is 0 Å². The Kier molecular flexibility index (Phi) is 1.94. The summed E-state index contributed by atoms with van der Waals surface area (Å²) in [6, 6.07) is 8.30. The second-order valence-electron chi connectivity index (χ2n) is 2.15. The maximum atomic E-state index is 4.48. The number of hydrogen-bond donors (Lipinski definition) is 0. The number of fused-ring (bicyclic) bond motifs is 1. The van der Waals surface area contributed by atoms with Crippen LogP contribution in [0.25, 0.3) is 10.2 Å². The van der Waals surface area contributed by atoms with E-state index < -0.39 is 0 Å². The van der Waals surface area contributed by atoms with Crippen molar-refractivity contribution >= 4 is 40.4 Å². The van der Waals surface area contributed by atoms with E-state index in [-0.39, 0.29) is 0 Å². The molecule has 0 aliphatic carbocycles. The predicted molar refractivity (Wildman–Crippen MR) is 50.9 cm³/mol. The molecule has 0 saturated carbocycles. The normalized spacial score (nSPS) is 10.6. The third-order valence-electron chi connectivity index (χ3n) is 1.45. The van der Waals surface area contributed by atoms with Gasteiger partial charge in [-0.3, -0.25) is 0 Å². The molecule has 1 nitrogen and oxygen atoms in total. The second kappa shape index (κ2) is 2.94. The fraction of sp³-hybridized carbons (Fsp3) is 0.125. The molecule has 0 spiro atoms. The van der Waals surface area contributed by atoms with Crippen LogP contribution < -0.4 is 3.91 Å². The molecule has 1 aromatic carbocycles. The molecular weight excluding hydrogens is 221 g/mol. The molecule has 2 rings (SSSR count). The number of thiazole rings is 1. The van der Waals surface area contributed by atoms with Crippen LogP contribution in [0, 0.1) is 0 Å². The van der Waals surface area contributed by atoms with Crippen LogP contribution in [0.3, 0.4) is 0 Å². The Labute approximate surface area is 75.6 Å². The number of aromatic nitrogens is 1. The van der Waals surface area contributed by atoms with Crippen molar-refractivity contribution in [3.8, 4) is 0 Å². The van der Waals surface area contributed by atoms with Crippen LogP contribution in [0.2, 0.25) is 5.82 Å². The predicted octanol–water partition coefficient (Wildman–Crippen LogP) is 1.67. The zero-order valence-corrected chi connectivity index (χ0v) is 8.60. The van der Waals surface area contributed by atoms with Gasteiger partial charge < -0.3 is 0 Å².